The van der Waals surface area contributed by atoms with E-state index in [9.17, 15) is 13.6 Å². The summed E-state index contributed by atoms with van der Waals surface area (Å²) < 4.78 is 30.3. The smallest absolute Gasteiger partial charge is 0.387 e. The molecule has 2 aromatic rings. The van der Waals surface area contributed by atoms with Gasteiger partial charge in [0.05, 0.1) is 11.9 Å². The van der Waals surface area contributed by atoms with Crippen molar-refractivity contribution in [1.29, 1.82) is 0 Å². The van der Waals surface area contributed by atoms with Gasteiger partial charge in [-0.25, -0.2) is 0 Å². The van der Waals surface area contributed by atoms with Gasteiger partial charge in [0.25, 0.3) is 0 Å². The fraction of sp³-hybridized carbons (Fsp3) is 0.231. The summed E-state index contributed by atoms with van der Waals surface area (Å²) in [6.45, 7) is -1.09. The Morgan fingerprint density at radius 3 is 2.85 bits per heavy atom. The fourth-order valence-corrected chi connectivity index (χ4v) is 1.66. The molecule has 1 amide bonds. The molecule has 7 heteroatoms. The molecule has 106 valence electrons. The van der Waals surface area contributed by atoms with E-state index in [0.29, 0.717) is 0 Å². The molecule has 0 saturated carbocycles. The van der Waals surface area contributed by atoms with Crippen molar-refractivity contribution in [3.8, 4) is 5.75 Å². The number of rotatable bonds is 5. The zero-order valence-corrected chi connectivity index (χ0v) is 10.7. The topological polar surface area (TPSA) is 56.2 Å². The number of aryl methyl sites for hydroxylation is 1. The van der Waals surface area contributed by atoms with Gasteiger partial charge >= 0.3 is 6.61 Å². The Labute approximate surface area is 114 Å². The van der Waals surface area contributed by atoms with Gasteiger partial charge < -0.3 is 10.1 Å². The first-order chi connectivity index (χ1) is 9.54. The van der Waals surface area contributed by atoms with E-state index >= 15 is 0 Å². The summed E-state index contributed by atoms with van der Waals surface area (Å²) in [5, 5.41) is 6.49. The average Bonchev–Trinajstić information content (AvgIpc) is 2.76. The van der Waals surface area contributed by atoms with Crippen LogP contribution in [0.5, 0.6) is 5.75 Å². The predicted octanol–water partition coefficient (Wildman–Crippen LogP) is 2.43. The van der Waals surface area contributed by atoms with E-state index in [-0.39, 0.29) is 23.9 Å². The molecule has 0 aliphatic carbocycles. The Bertz CT molecular complexity index is 599. The van der Waals surface area contributed by atoms with Gasteiger partial charge in [0.15, 0.2) is 0 Å². The van der Waals surface area contributed by atoms with Crippen molar-refractivity contribution in [2.24, 2.45) is 0 Å². The van der Waals surface area contributed by atoms with Crippen LogP contribution in [0.2, 0.25) is 0 Å². The van der Waals surface area contributed by atoms with E-state index in [4.69, 9.17) is 0 Å². The number of hydrogen-bond donors (Lipinski definition) is 1. The monoisotopic (exact) mass is 281 g/mol. The number of alkyl halides is 2. The van der Waals surface area contributed by atoms with Gasteiger partial charge in [-0.2, -0.15) is 13.9 Å². The molecular formula is C13H13F2N3O2. The van der Waals surface area contributed by atoms with Crippen LogP contribution >= 0.6 is 0 Å². The van der Waals surface area contributed by atoms with Gasteiger partial charge in [-0.05, 0) is 24.6 Å². The Morgan fingerprint density at radius 2 is 2.20 bits per heavy atom. The summed E-state index contributed by atoms with van der Waals surface area (Å²) in [5.74, 6) is -0.453. The highest BCUT2D eigenvalue weighted by Gasteiger charge is 2.11. The molecule has 1 heterocycles. The summed E-state index contributed by atoms with van der Waals surface area (Å²) in [5.41, 5.74) is 1.13. The van der Waals surface area contributed by atoms with Crippen LogP contribution in [0.4, 0.5) is 14.5 Å². The van der Waals surface area contributed by atoms with Crippen LogP contribution in [0.3, 0.4) is 0 Å². The van der Waals surface area contributed by atoms with Crippen LogP contribution in [0.15, 0.2) is 36.7 Å². The van der Waals surface area contributed by atoms with Crippen LogP contribution in [0.1, 0.15) is 5.56 Å². The lowest BCUT2D eigenvalue weighted by Crippen LogP contribution is -2.19. The first-order valence-corrected chi connectivity index (χ1v) is 5.87. The van der Waals surface area contributed by atoms with E-state index in [0.717, 1.165) is 5.56 Å². The summed E-state index contributed by atoms with van der Waals surface area (Å²) in [4.78, 5) is 11.8. The largest absolute Gasteiger partial charge is 0.433 e. The van der Waals surface area contributed by atoms with Crippen molar-refractivity contribution in [2.45, 2.75) is 20.1 Å². The molecule has 0 aliphatic heterocycles. The molecule has 0 saturated heterocycles. The van der Waals surface area contributed by atoms with E-state index in [2.05, 4.69) is 15.2 Å². The molecule has 0 fully saturated rings. The number of ether oxygens (including phenoxy) is 1. The lowest BCUT2D eigenvalue weighted by Gasteiger charge is -2.11. The van der Waals surface area contributed by atoms with Crippen LogP contribution in [-0.2, 0) is 11.3 Å². The maximum Gasteiger partial charge on any atom is 0.387 e. The quantitative estimate of drug-likeness (QED) is 0.915. The molecule has 0 aliphatic rings. The molecule has 0 atom stereocenters. The van der Waals surface area contributed by atoms with Crippen molar-refractivity contribution in [2.75, 3.05) is 5.32 Å². The minimum Gasteiger partial charge on any atom is -0.433 e. The molecule has 1 aromatic carbocycles. The Kier molecular flexibility index (Phi) is 4.29. The number of hydrogen-bond acceptors (Lipinski definition) is 3. The number of carbonyl (C=O) groups excluding carboxylic acids is 1. The molecule has 1 aromatic heterocycles. The second-order valence-electron chi connectivity index (χ2n) is 4.14. The number of para-hydroxylation sites is 2. The number of anilines is 1. The zero-order chi connectivity index (χ0) is 14.5. The highest BCUT2D eigenvalue weighted by atomic mass is 19.3. The van der Waals surface area contributed by atoms with Crippen LogP contribution < -0.4 is 10.1 Å². The van der Waals surface area contributed by atoms with Gasteiger partial charge in [-0.3, -0.25) is 9.48 Å². The first-order valence-electron chi connectivity index (χ1n) is 5.87. The van der Waals surface area contributed by atoms with E-state index in [1.165, 1.54) is 16.8 Å². The number of carbonyl (C=O) groups is 1. The third-order valence-electron chi connectivity index (χ3n) is 2.45. The standard InChI is InChI=1S/C13H13F2N3O2/c1-9-6-16-18(7-9)8-12(19)17-10-4-2-3-5-11(10)20-13(14)15/h2-7,13H,8H2,1H3,(H,17,19). The number of aromatic nitrogens is 2. The SMILES string of the molecule is Cc1cnn(CC(=O)Nc2ccccc2OC(F)F)c1. The maximum atomic E-state index is 12.2. The summed E-state index contributed by atoms with van der Waals surface area (Å²) >= 11 is 0. The van der Waals surface area contributed by atoms with Crippen molar-refractivity contribution in [3.63, 3.8) is 0 Å². The molecule has 0 bridgehead atoms. The lowest BCUT2D eigenvalue weighted by atomic mass is 10.3. The highest BCUT2D eigenvalue weighted by Crippen LogP contribution is 2.25. The van der Waals surface area contributed by atoms with E-state index in [1.807, 2.05) is 6.92 Å². The average molecular weight is 281 g/mol. The zero-order valence-electron chi connectivity index (χ0n) is 10.7. The van der Waals surface area contributed by atoms with Crippen LogP contribution in [0, 0.1) is 6.92 Å². The number of nitrogens with one attached hydrogen (secondary N) is 1. The number of amides is 1. The Balaban J connectivity index is 2.04. The Hall–Kier alpha value is -2.44. The predicted molar refractivity (Wildman–Crippen MR) is 68.7 cm³/mol. The lowest BCUT2D eigenvalue weighted by molar-refractivity contribution is -0.117. The van der Waals surface area contributed by atoms with Crippen molar-refractivity contribution in [1.82, 2.24) is 9.78 Å². The molecule has 2 rings (SSSR count). The van der Waals surface area contributed by atoms with E-state index < -0.39 is 6.61 Å². The second kappa shape index (κ2) is 6.14. The summed E-state index contributed by atoms with van der Waals surface area (Å²) in [6, 6.07) is 6.01. The third kappa shape index (κ3) is 3.78. The minimum absolute atomic E-state index is 0.00312. The van der Waals surface area contributed by atoms with Crippen molar-refractivity contribution < 1.29 is 18.3 Å². The van der Waals surface area contributed by atoms with E-state index in [1.54, 1.807) is 24.5 Å². The summed E-state index contributed by atoms with van der Waals surface area (Å²) in [6.07, 6.45) is 3.34. The van der Waals surface area contributed by atoms with Crippen molar-refractivity contribution in [3.05, 3.63) is 42.2 Å². The Morgan fingerprint density at radius 1 is 1.45 bits per heavy atom. The molecule has 20 heavy (non-hydrogen) atoms. The normalized spacial score (nSPS) is 10.6. The van der Waals surface area contributed by atoms with Crippen molar-refractivity contribution >= 4 is 11.6 Å². The second-order valence-corrected chi connectivity index (χ2v) is 4.14. The van der Waals surface area contributed by atoms with Gasteiger partial charge in [0.1, 0.15) is 12.3 Å². The molecule has 0 unspecified atom stereocenters. The van der Waals surface area contributed by atoms with Gasteiger partial charge in [-0.1, -0.05) is 12.1 Å². The molecular weight excluding hydrogens is 268 g/mol. The van der Waals surface area contributed by atoms with Gasteiger partial charge in [0.2, 0.25) is 5.91 Å². The number of benzene rings is 1. The number of nitrogens with zero attached hydrogens (tertiary/aromatic N) is 2. The van der Waals surface area contributed by atoms with Crippen LogP contribution in [0.25, 0.3) is 0 Å². The van der Waals surface area contributed by atoms with Gasteiger partial charge in [0, 0.05) is 6.20 Å². The molecule has 0 radical (unpaired) electrons. The fourth-order valence-electron chi connectivity index (χ4n) is 1.66. The first kappa shape index (κ1) is 14.0. The third-order valence-corrected chi connectivity index (χ3v) is 2.45. The maximum absolute atomic E-state index is 12.2. The van der Waals surface area contributed by atoms with Crippen LogP contribution in [-0.4, -0.2) is 22.3 Å². The number of halogens is 2. The molecule has 0 spiro atoms. The molecule has 1 N–H and O–H groups in total. The summed E-state index contributed by atoms with van der Waals surface area (Å²) in [7, 11) is 0. The molecule has 5 nitrogen and oxygen atoms in total. The van der Waals surface area contributed by atoms with Gasteiger partial charge in [-0.15, -0.1) is 0 Å². The highest BCUT2D eigenvalue weighted by molar-refractivity contribution is 5.92. The minimum atomic E-state index is -2.94.